The Hall–Kier alpha value is -1.07. The van der Waals surface area contributed by atoms with E-state index in [2.05, 4.69) is 6.58 Å². The number of nitrogens with zero attached hydrogens (tertiary/aromatic N) is 1. The van der Waals surface area contributed by atoms with Crippen molar-refractivity contribution in [2.75, 3.05) is 13.7 Å². The van der Waals surface area contributed by atoms with Crippen LogP contribution in [0.2, 0.25) is 0 Å². The predicted octanol–water partition coefficient (Wildman–Crippen LogP) is 0.761. The maximum absolute atomic E-state index is 11.6. The molecule has 0 saturated carbocycles. The summed E-state index contributed by atoms with van der Waals surface area (Å²) in [5.41, 5.74) is -0.607. The third kappa shape index (κ3) is 4.63. The molecule has 0 aromatic carbocycles. The van der Waals surface area contributed by atoms with E-state index < -0.39 is 23.8 Å². The molecule has 5 nitrogen and oxygen atoms in total. The average molecular weight is 231 g/mol. The highest BCUT2D eigenvalue weighted by atomic mass is 16.6. The Morgan fingerprint density at radius 2 is 2.06 bits per heavy atom. The van der Waals surface area contributed by atoms with Crippen LogP contribution in [0.1, 0.15) is 20.8 Å². The molecule has 2 atom stereocenters. The highest BCUT2D eigenvalue weighted by Gasteiger charge is 2.28. The zero-order chi connectivity index (χ0) is 12.9. The second-order valence-electron chi connectivity index (χ2n) is 4.57. The first kappa shape index (κ1) is 14.9. The largest absolute Gasteiger partial charge is 0.444 e. The lowest BCUT2D eigenvalue weighted by atomic mass is 10.1. The minimum absolute atomic E-state index is 0.358. The van der Waals surface area contributed by atoms with Crippen molar-refractivity contribution in [3.8, 4) is 0 Å². The third-order valence-corrected chi connectivity index (χ3v) is 2.00. The van der Waals surface area contributed by atoms with Crippen LogP contribution in [0.3, 0.4) is 0 Å². The number of aliphatic hydroxyl groups is 2. The van der Waals surface area contributed by atoms with Gasteiger partial charge in [0.2, 0.25) is 0 Å². The summed E-state index contributed by atoms with van der Waals surface area (Å²) in [5, 5.41) is 18.6. The maximum atomic E-state index is 11.6. The molecule has 0 bridgehead atoms. The number of rotatable bonds is 4. The monoisotopic (exact) mass is 231 g/mol. The van der Waals surface area contributed by atoms with Gasteiger partial charge in [0.05, 0.1) is 18.8 Å². The molecule has 0 heterocycles. The van der Waals surface area contributed by atoms with Crippen molar-refractivity contribution in [1.29, 1.82) is 0 Å². The third-order valence-electron chi connectivity index (χ3n) is 2.00. The summed E-state index contributed by atoms with van der Waals surface area (Å²) in [5.74, 6) is 0. The van der Waals surface area contributed by atoms with Gasteiger partial charge in [0.15, 0.2) is 0 Å². The molecule has 16 heavy (non-hydrogen) atoms. The fourth-order valence-electron chi connectivity index (χ4n) is 1.09. The van der Waals surface area contributed by atoms with Crippen molar-refractivity contribution in [3.05, 3.63) is 12.7 Å². The first-order chi connectivity index (χ1) is 7.22. The number of carbonyl (C=O) groups is 1. The minimum Gasteiger partial charge on any atom is -0.444 e. The number of amides is 1. The molecule has 0 aliphatic carbocycles. The van der Waals surface area contributed by atoms with Crippen molar-refractivity contribution in [1.82, 2.24) is 4.90 Å². The Balaban J connectivity index is 4.56. The number of aliphatic hydroxyl groups excluding tert-OH is 2. The van der Waals surface area contributed by atoms with Crippen LogP contribution in [-0.2, 0) is 4.74 Å². The second-order valence-corrected chi connectivity index (χ2v) is 4.57. The standard InChI is InChI=1S/C11H21NO4/c1-6-9(14)8(7-13)12(5)10(15)16-11(2,3)4/h6,8-9,13-14H,1,7H2,2-5H3/t8-,9-/m1/s1. The Morgan fingerprint density at radius 3 is 2.38 bits per heavy atom. The van der Waals surface area contributed by atoms with E-state index in [9.17, 15) is 9.90 Å². The van der Waals surface area contributed by atoms with Gasteiger partial charge in [0.1, 0.15) is 5.60 Å². The first-order valence-corrected chi connectivity index (χ1v) is 5.10. The molecule has 0 aliphatic heterocycles. The maximum Gasteiger partial charge on any atom is 0.410 e. The van der Waals surface area contributed by atoms with Crippen LogP contribution in [-0.4, -0.2) is 52.6 Å². The van der Waals surface area contributed by atoms with Crippen LogP contribution < -0.4 is 0 Å². The van der Waals surface area contributed by atoms with Gasteiger partial charge in [0.25, 0.3) is 0 Å². The molecular formula is C11H21NO4. The average Bonchev–Trinajstić information content (AvgIpc) is 2.15. The zero-order valence-electron chi connectivity index (χ0n) is 10.3. The summed E-state index contributed by atoms with van der Waals surface area (Å²) in [6.45, 7) is 8.29. The van der Waals surface area contributed by atoms with Gasteiger partial charge in [-0.2, -0.15) is 0 Å². The van der Waals surface area contributed by atoms with Crippen molar-refractivity contribution in [2.24, 2.45) is 0 Å². The van der Waals surface area contributed by atoms with Crippen LogP contribution in [0.5, 0.6) is 0 Å². The number of ether oxygens (including phenoxy) is 1. The number of hydrogen-bond acceptors (Lipinski definition) is 4. The Morgan fingerprint density at radius 1 is 1.56 bits per heavy atom. The molecule has 2 N–H and O–H groups in total. The van der Waals surface area contributed by atoms with Gasteiger partial charge in [-0.25, -0.2) is 4.79 Å². The molecule has 0 spiro atoms. The van der Waals surface area contributed by atoms with Gasteiger partial charge >= 0.3 is 6.09 Å². The Bertz CT molecular complexity index is 247. The van der Waals surface area contributed by atoms with Crippen molar-refractivity contribution in [2.45, 2.75) is 38.5 Å². The summed E-state index contributed by atoms with van der Waals surface area (Å²) in [6.07, 6.45) is -0.308. The summed E-state index contributed by atoms with van der Waals surface area (Å²) in [6, 6.07) is -0.743. The molecule has 0 aromatic rings. The quantitative estimate of drug-likeness (QED) is 0.701. The van der Waals surface area contributed by atoms with E-state index in [-0.39, 0.29) is 6.61 Å². The highest BCUT2D eigenvalue weighted by Crippen LogP contribution is 2.12. The van der Waals surface area contributed by atoms with Crippen molar-refractivity contribution in [3.63, 3.8) is 0 Å². The lowest BCUT2D eigenvalue weighted by Crippen LogP contribution is -2.48. The second kappa shape index (κ2) is 5.86. The molecular weight excluding hydrogens is 210 g/mol. The lowest BCUT2D eigenvalue weighted by molar-refractivity contribution is -0.00156. The van der Waals surface area contributed by atoms with Crippen molar-refractivity contribution < 1.29 is 19.7 Å². The molecule has 0 unspecified atom stereocenters. The van der Waals surface area contributed by atoms with Crippen LogP contribution in [0.15, 0.2) is 12.7 Å². The number of hydrogen-bond donors (Lipinski definition) is 2. The number of likely N-dealkylation sites (N-methyl/N-ethyl adjacent to an activating group) is 1. The van der Waals surface area contributed by atoms with E-state index >= 15 is 0 Å². The van der Waals surface area contributed by atoms with E-state index in [4.69, 9.17) is 9.84 Å². The molecule has 0 fully saturated rings. The molecule has 0 aromatic heterocycles. The molecule has 0 rings (SSSR count). The summed E-state index contributed by atoms with van der Waals surface area (Å²) >= 11 is 0. The van der Waals surface area contributed by atoms with E-state index in [0.29, 0.717) is 0 Å². The summed E-state index contributed by atoms with van der Waals surface area (Å²) in [4.78, 5) is 12.8. The van der Waals surface area contributed by atoms with Crippen LogP contribution in [0, 0.1) is 0 Å². The first-order valence-electron chi connectivity index (χ1n) is 5.10. The number of carbonyl (C=O) groups excluding carboxylic acids is 1. The van der Waals surface area contributed by atoms with Crippen LogP contribution in [0.25, 0.3) is 0 Å². The normalized spacial score (nSPS) is 15.1. The van der Waals surface area contributed by atoms with Gasteiger partial charge in [-0.05, 0) is 20.8 Å². The highest BCUT2D eigenvalue weighted by molar-refractivity contribution is 5.68. The molecule has 94 valence electrons. The Labute approximate surface area is 96.3 Å². The van der Waals surface area contributed by atoms with Crippen molar-refractivity contribution >= 4 is 6.09 Å². The van der Waals surface area contributed by atoms with Gasteiger partial charge in [-0.1, -0.05) is 6.08 Å². The van der Waals surface area contributed by atoms with E-state index in [1.807, 2.05) is 0 Å². The smallest absolute Gasteiger partial charge is 0.410 e. The zero-order valence-corrected chi connectivity index (χ0v) is 10.3. The molecule has 5 heteroatoms. The van der Waals surface area contributed by atoms with Gasteiger partial charge in [0, 0.05) is 7.05 Å². The van der Waals surface area contributed by atoms with Crippen LogP contribution in [0.4, 0.5) is 4.79 Å². The van der Waals surface area contributed by atoms with Crippen LogP contribution >= 0.6 is 0 Å². The minimum atomic E-state index is -0.984. The summed E-state index contributed by atoms with van der Waals surface area (Å²) < 4.78 is 5.11. The fourth-order valence-corrected chi connectivity index (χ4v) is 1.09. The van der Waals surface area contributed by atoms with E-state index in [0.717, 1.165) is 4.90 Å². The molecule has 0 radical (unpaired) electrons. The SMILES string of the molecule is C=C[C@@H](O)[C@@H](CO)N(C)C(=O)OC(C)(C)C. The predicted molar refractivity (Wildman–Crippen MR) is 61.1 cm³/mol. The lowest BCUT2D eigenvalue weighted by Gasteiger charge is -2.31. The Kier molecular flexibility index (Phi) is 5.47. The van der Waals surface area contributed by atoms with E-state index in [1.54, 1.807) is 20.8 Å². The molecule has 0 aliphatic rings. The molecule has 0 saturated heterocycles. The summed E-state index contributed by atoms with van der Waals surface area (Å²) in [7, 11) is 1.46. The topological polar surface area (TPSA) is 70.0 Å². The van der Waals surface area contributed by atoms with Gasteiger partial charge in [-0.15, -0.1) is 6.58 Å². The van der Waals surface area contributed by atoms with Gasteiger partial charge in [-0.3, -0.25) is 0 Å². The van der Waals surface area contributed by atoms with Gasteiger partial charge < -0.3 is 19.8 Å². The fraction of sp³-hybridized carbons (Fsp3) is 0.727. The van der Waals surface area contributed by atoms with E-state index in [1.165, 1.54) is 13.1 Å². The molecule has 1 amide bonds.